The number of rotatable bonds is 6. The quantitative estimate of drug-likeness (QED) is 0.801. The van der Waals surface area contributed by atoms with Crippen molar-refractivity contribution in [3.05, 3.63) is 12.4 Å². The van der Waals surface area contributed by atoms with Gasteiger partial charge in [0, 0.05) is 25.8 Å². The van der Waals surface area contributed by atoms with Crippen molar-refractivity contribution in [2.24, 2.45) is 5.92 Å². The minimum atomic E-state index is -3.48. The maximum atomic E-state index is 12.4. The molecule has 1 aliphatic rings. The molecule has 114 valence electrons. The Morgan fingerprint density at radius 2 is 2.30 bits per heavy atom. The van der Waals surface area contributed by atoms with Crippen molar-refractivity contribution < 1.29 is 8.42 Å². The van der Waals surface area contributed by atoms with E-state index in [1.807, 2.05) is 14.0 Å². The summed E-state index contributed by atoms with van der Waals surface area (Å²) < 4.78 is 30.5. The molecule has 1 aromatic rings. The number of aryl methyl sites for hydroxylation is 1. The number of hydrogen-bond donors (Lipinski definition) is 2. The zero-order valence-corrected chi connectivity index (χ0v) is 12.9. The molecule has 0 aromatic carbocycles. The van der Waals surface area contributed by atoms with E-state index in [1.54, 1.807) is 10.9 Å². The normalized spacial score (nSPS) is 21.0. The molecule has 2 rings (SSSR count). The van der Waals surface area contributed by atoms with Gasteiger partial charge in [0.05, 0.1) is 11.9 Å². The summed E-state index contributed by atoms with van der Waals surface area (Å²) in [5.74, 6) is 0.378. The van der Waals surface area contributed by atoms with Crippen LogP contribution >= 0.6 is 0 Å². The molecule has 1 unspecified atom stereocenters. The van der Waals surface area contributed by atoms with Gasteiger partial charge < -0.3 is 5.32 Å². The van der Waals surface area contributed by atoms with Gasteiger partial charge in [0.2, 0.25) is 0 Å². The average molecular weight is 301 g/mol. The predicted molar refractivity (Wildman–Crippen MR) is 78.7 cm³/mol. The van der Waals surface area contributed by atoms with Crippen LogP contribution in [-0.4, -0.2) is 49.2 Å². The molecule has 1 atom stereocenters. The molecule has 1 saturated heterocycles. The lowest BCUT2D eigenvalue weighted by molar-refractivity contribution is 0.264. The third kappa shape index (κ3) is 3.71. The highest BCUT2D eigenvalue weighted by Crippen LogP contribution is 2.20. The number of nitrogens with zero attached hydrogens (tertiary/aromatic N) is 3. The van der Waals surface area contributed by atoms with E-state index < -0.39 is 10.2 Å². The molecule has 7 nitrogen and oxygen atoms in total. The van der Waals surface area contributed by atoms with Crippen molar-refractivity contribution in [1.82, 2.24) is 19.4 Å². The number of anilines is 1. The minimum absolute atomic E-state index is 0.378. The first-order chi connectivity index (χ1) is 9.55. The van der Waals surface area contributed by atoms with Gasteiger partial charge in [0.25, 0.3) is 0 Å². The summed E-state index contributed by atoms with van der Waals surface area (Å²) in [7, 11) is -1.59. The second-order valence-electron chi connectivity index (χ2n) is 5.12. The standard InChI is InChI=1S/C12H23N5O2S/c1-3-16-10-12(8-14-16)15-20(18,19)17-6-4-5-11(9-17)7-13-2/h8,10-11,13,15H,3-7,9H2,1-2H3. The van der Waals surface area contributed by atoms with E-state index >= 15 is 0 Å². The van der Waals surface area contributed by atoms with Crippen LogP contribution in [0.4, 0.5) is 5.69 Å². The maximum absolute atomic E-state index is 12.4. The summed E-state index contributed by atoms with van der Waals surface area (Å²) in [4.78, 5) is 0. The van der Waals surface area contributed by atoms with Crippen molar-refractivity contribution in [2.45, 2.75) is 26.3 Å². The smallest absolute Gasteiger partial charge is 0.301 e. The summed E-state index contributed by atoms with van der Waals surface area (Å²) in [6.07, 6.45) is 5.21. The lowest BCUT2D eigenvalue weighted by Crippen LogP contribution is -2.44. The van der Waals surface area contributed by atoms with Gasteiger partial charge in [-0.3, -0.25) is 9.40 Å². The molecule has 20 heavy (non-hydrogen) atoms. The van der Waals surface area contributed by atoms with E-state index in [9.17, 15) is 8.42 Å². The van der Waals surface area contributed by atoms with E-state index in [-0.39, 0.29) is 0 Å². The Bertz CT molecular complexity index is 526. The number of piperidine rings is 1. The Morgan fingerprint density at radius 1 is 1.50 bits per heavy atom. The second-order valence-corrected chi connectivity index (χ2v) is 6.79. The molecule has 2 heterocycles. The molecule has 1 aliphatic heterocycles. The van der Waals surface area contributed by atoms with E-state index in [0.717, 1.165) is 25.9 Å². The Balaban J connectivity index is 2.02. The van der Waals surface area contributed by atoms with Crippen LogP contribution in [0.2, 0.25) is 0 Å². The van der Waals surface area contributed by atoms with Crippen LogP contribution in [0.1, 0.15) is 19.8 Å². The first-order valence-electron chi connectivity index (χ1n) is 7.00. The Hall–Kier alpha value is -1.12. The highest BCUT2D eigenvalue weighted by Gasteiger charge is 2.28. The summed E-state index contributed by atoms with van der Waals surface area (Å²) in [6, 6.07) is 0. The summed E-state index contributed by atoms with van der Waals surface area (Å²) in [5, 5.41) is 7.18. The van der Waals surface area contributed by atoms with Crippen molar-refractivity contribution in [3.63, 3.8) is 0 Å². The lowest BCUT2D eigenvalue weighted by atomic mass is 10.00. The fourth-order valence-corrected chi connectivity index (χ4v) is 3.81. The summed E-state index contributed by atoms with van der Waals surface area (Å²) in [5.41, 5.74) is 0.516. The number of aromatic nitrogens is 2. The van der Waals surface area contributed by atoms with Crippen LogP contribution in [0.5, 0.6) is 0 Å². The molecule has 8 heteroatoms. The van der Waals surface area contributed by atoms with Gasteiger partial charge in [-0.25, -0.2) is 0 Å². The van der Waals surface area contributed by atoms with Gasteiger partial charge in [-0.05, 0) is 39.3 Å². The Labute approximate surface area is 120 Å². The third-order valence-electron chi connectivity index (χ3n) is 3.52. The van der Waals surface area contributed by atoms with Gasteiger partial charge in [-0.15, -0.1) is 0 Å². The summed E-state index contributed by atoms with van der Waals surface area (Å²) in [6.45, 7) is 4.67. The fourth-order valence-electron chi connectivity index (χ4n) is 2.50. The molecule has 0 bridgehead atoms. The molecule has 0 spiro atoms. The average Bonchev–Trinajstić information content (AvgIpc) is 2.86. The fraction of sp³-hybridized carbons (Fsp3) is 0.750. The molecule has 0 saturated carbocycles. The highest BCUT2D eigenvalue weighted by atomic mass is 32.2. The number of hydrogen-bond acceptors (Lipinski definition) is 4. The first kappa shape index (κ1) is 15.3. The van der Waals surface area contributed by atoms with E-state index in [0.29, 0.717) is 24.7 Å². The second kappa shape index (κ2) is 6.55. The first-order valence-corrected chi connectivity index (χ1v) is 8.44. The van der Waals surface area contributed by atoms with E-state index in [4.69, 9.17) is 0 Å². The van der Waals surface area contributed by atoms with Gasteiger partial charge in [0.15, 0.2) is 0 Å². The largest absolute Gasteiger partial charge is 0.319 e. The van der Waals surface area contributed by atoms with Crippen LogP contribution in [-0.2, 0) is 16.8 Å². The van der Waals surface area contributed by atoms with Crippen molar-refractivity contribution in [3.8, 4) is 0 Å². The monoisotopic (exact) mass is 301 g/mol. The zero-order chi connectivity index (χ0) is 14.6. The van der Waals surface area contributed by atoms with Gasteiger partial charge in [-0.1, -0.05) is 0 Å². The minimum Gasteiger partial charge on any atom is -0.319 e. The highest BCUT2D eigenvalue weighted by molar-refractivity contribution is 7.90. The molecular weight excluding hydrogens is 278 g/mol. The molecule has 1 fully saturated rings. The van der Waals surface area contributed by atoms with Crippen LogP contribution in [0.15, 0.2) is 12.4 Å². The number of nitrogens with one attached hydrogen (secondary N) is 2. The molecule has 1 aromatic heterocycles. The molecule has 0 radical (unpaired) electrons. The van der Waals surface area contributed by atoms with Gasteiger partial charge >= 0.3 is 10.2 Å². The Morgan fingerprint density at radius 3 is 2.95 bits per heavy atom. The molecular formula is C12H23N5O2S. The van der Waals surface area contributed by atoms with Crippen molar-refractivity contribution in [2.75, 3.05) is 31.4 Å². The lowest BCUT2D eigenvalue weighted by Gasteiger charge is -2.31. The van der Waals surface area contributed by atoms with Crippen molar-refractivity contribution in [1.29, 1.82) is 0 Å². The predicted octanol–water partition coefficient (Wildman–Crippen LogP) is 0.491. The van der Waals surface area contributed by atoms with Gasteiger partial charge in [0.1, 0.15) is 0 Å². The topological polar surface area (TPSA) is 79.3 Å². The summed E-state index contributed by atoms with van der Waals surface area (Å²) >= 11 is 0. The maximum Gasteiger partial charge on any atom is 0.301 e. The zero-order valence-electron chi connectivity index (χ0n) is 12.0. The van der Waals surface area contributed by atoms with Crippen LogP contribution in [0.3, 0.4) is 0 Å². The van der Waals surface area contributed by atoms with E-state index in [2.05, 4.69) is 15.1 Å². The molecule has 0 amide bonds. The molecule has 2 N–H and O–H groups in total. The van der Waals surface area contributed by atoms with Gasteiger partial charge in [-0.2, -0.15) is 17.8 Å². The van der Waals surface area contributed by atoms with E-state index in [1.165, 1.54) is 10.5 Å². The van der Waals surface area contributed by atoms with Crippen LogP contribution in [0.25, 0.3) is 0 Å². The van der Waals surface area contributed by atoms with Crippen molar-refractivity contribution >= 4 is 15.9 Å². The SMILES string of the molecule is CCn1cc(NS(=O)(=O)N2CCCC(CNC)C2)cn1. The molecule has 0 aliphatic carbocycles. The van der Waals surface area contributed by atoms with Crippen LogP contribution in [0, 0.1) is 5.92 Å². The Kier molecular flexibility index (Phi) is 5.00. The third-order valence-corrected chi connectivity index (χ3v) is 5.02. The van der Waals surface area contributed by atoms with Crippen LogP contribution < -0.4 is 10.0 Å².